The van der Waals surface area contributed by atoms with Gasteiger partial charge in [-0.15, -0.1) is 0 Å². The molecule has 0 aromatic carbocycles. The van der Waals surface area contributed by atoms with Gasteiger partial charge in [0.15, 0.2) is 0 Å². The van der Waals surface area contributed by atoms with Crippen LogP contribution in [0.4, 0.5) is 5.82 Å². The molecule has 4 heteroatoms. The fraction of sp³-hybridized carbons (Fsp3) is 0.583. The molecule has 1 aromatic heterocycles. The van der Waals surface area contributed by atoms with Crippen LogP contribution < -0.4 is 5.32 Å². The summed E-state index contributed by atoms with van der Waals surface area (Å²) in [5.41, 5.74) is 1.14. The summed E-state index contributed by atoms with van der Waals surface area (Å²) in [6.45, 7) is 0.945. The molecule has 1 saturated heterocycles. The lowest BCUT2D eigenvalue weighted by Gasteiger charge is -2.23. The first kappa shape index (κ1) is 11.7. The van der Waals surface area contributed by atoms with Gasteiger partial charge in [0.05, 0.1) is 5.69 Å². The molecule has 1 N–H and O–H groups in total. The van der Waals surface area contributed by atoms with Gasteiger partial charge in [0.2, 0.25) is 0 Å². The van der Waals surface area contributed by atoms with Crippen molar-refractivity contribution in [3.63, 3.8) is 0 Å². The minimum atomic E-state index is 0.727. The van der Waals surface area contributed by atoms with Gasteiger partial charge in [-0.25, -0.2) is 4.98 Å². The van der Waals surface area contributed by atoms with Gasteiger partial charge in [-0.2, -0.15) is 11.8 Å². The maximum absolute atomic E-state index is 4.54. The Morgan fingerprint density at radius 3 is 3.12 bits per heavy atom. The molecule has 3 nitrogen and oxygen atoms in total. The molecule has 0 aliphatic carbocycles. The summed E-state index contributed by atoms with van der Waals surface area (Å²) in [5, 5.41) is 3.08. The second-order valence-corrected chi connectivity index (χ2v) is 5.35. The summed E-state index contributed by atoms with van der Waals surface area (Å²) in [6, 6.07) is 6.88. The number of hydrogen-bond acceptors (Lipinski definition) is 4. The fourth-order valence-corrected chi connectivity index (χ4v) is 3.26. The molecule has 1 aliphatic heterocycles. The molecule has 16 heavy (non-hydrogen) atoms. The van der Waals surface area contributed by atoms with E-state index in [9.17, 15) is 0 Å². The van der Waals surface area contributed by atoms with Gasteiger partial charge >= 0.3 is 0 Å². The third-order valence-electron chi connectivity index (χ3n) is 3.00. The number of anilines is 1. The normalized spacial score (nSPS) is 20.3. The molecule has 0 saturated carbocycles. The van der Waals surface area contributed by atoms with Crippen LogP contribution in [-0.2, 0) is 6.54 Å². The molecule has 0 spiro atoms. The zero-order valence-corrected chi connectivity index (χ0v) is 10.8. The average Bonchev–Trinajstić information content (AvgIpc) is 2.83. The van der Waals surface area contributed by atoms with Gasteiger partial charge in [-0.3, -0.25) is 4.90 Å². The topological polar surface area (TPSA) is 28.2 Å². The minimum absolute atomic E-state index is 0.727. The number of pyridine rings is 1. The van der Waals surface area contributed by atoms with Gasteiger partial charge in [0, 0.05) is 25.4 Å². The zero-order chi connectivity index (χ0) is 11.4. The van der Waals surface area contributed by atoms with Crippen molar-refractivity contribution in [1.82, 2.24) is 9.88 Å². The molecule has 1 fully saturated rings. The maximum Gasteiger partial charge on any atom is 0.126 e. The summed E-state index contributed by atoms with van der Waals surface area (Å²) in [7, 11) is 4.10. The lowest BCUT2D eigenvalue weighted by Crippen LogP contribution is -2.31. The Hall–Kier alpha value is -0.740. The van der Waals surface area contributed by atoms with Crippen LogP contribution >= 0.6 is 11.8 Å². The second-order valence-electron chi connectivity index (χ2n) is 4.20. The van der Waals surface area contributed by atoms with Crippen LogP contribution in [0.1, 0.15) is 12.1 Å². The third kappa shape index (κ3) is 2.89. The first-order chi connectivity index (χ1) is 7.79. The summed E-state index contributed by atoms with van der Waals surface area (Å²) in [5.74, 6) is 3.52. The molecule has 2 rings (SSSR count). The van der Waals surface area contributed by atoms with Gasteiger partial charge in [-0.05, 0) is 31.4 Å². The predicted octanol–water partition coefficient (Wildman–Crippen LogP) is 2.06. The van der Waals surface area contributed by atoms with Crippen molar-refractivity contribution in [1.29, 1.82) is 0 Å². The Kier molecular flexibility index (Phi) is 4.07. The number of aromatic nitrogens is 1. The van der Waals surface area contributed by atoms with Gasteiger partial charge in [0.25, 0.3) is 0 Å². The van der Waals surface area contributed by atoms with Crippen molar-refractivity contribution in [2.45, 2.75) is 19.0 Å². The molecule has 88 valence electrons. The van der Waals surface area contributed by atoms with Crippen molar-refractivity contribution < 1.29 is 0 Å². The average molecular weight is 237 g/mol. The van der Waals surface area contributed by atoms with Gasteiger partial charge in [-0.1, -0.05) is 6.07 Å². The highest BCUT2D eigenvalue weighted by Crippen LogP contribution is 2.22. The quantitative estimate of drug-likeness (QED) is 0.867. The first-order valence-corrected chi connectivity index (χ1v) is 6.86. The van der Waals surface area contributed by atoms with Gasteiger partial charge in [0.1, 0.15) is 5.82 Å². The molecule has 1 atom stereocenters. The van der Waals surface area contributed by atoms with E-state index in [1.165, 1.54) is 17.9 Å². The van der Waals surface area contributed by atoms with Crippen molar-refractivity contribution in [3.05, 3.63) is 23.9 Å². The Morgan fingerprint density at radius 2 is 2.44 bits per heavy atom. The Bertz CT molecular complexity index is 337. The second kappa shape index (κ2) is 5.55. The van der Waals surface area contributed by atoms with Crippen LogP contribution in [0.2, 0.25) is 0 Å². The van der Waals surface area contributed by atoms with Crippen LogP contribution in [0.15, 0.2) is 18.2 Å². The Morgan fingerprint density at radius 1 is 1.56 bits per heavy atom. The minimum Gasteiger partial charge on any atom is -0.373 e. The van der Waals surface area contributed by atoms with E-state index in [1.807, 2.05) is 13.1 Å². The zero-order valence-electron chi connectivity index (χ0n) is 9.94. The molecule has 0 radical (unpaired) electrons. The number of nitrogens with one attached hydrogen (secondary N) is 1. The molecular formula is C12H19N3S. The number of rotatable bonds is 4. The van der Waals surface area contributed by atoms with E-state index >= 15 is 0 Å². The monoisotopic (exact) mass is 237 g/mol. The molecule has 1 unspecified atom stereocenters. The molecule has 1 aromatic rings. The number of nitrogens with zero attached hydrogens (tertiary/aromatic N) is 2. The van der Waals surface area contributed by atoms with Crippen LogP contribution in [0, 0.1) is 0 Å². The highest BCUT2D eigenvalue weighted by atomic mass is 32.2. The molecule has 2 heterocycles. The third-order valence-corrected chi connectivity index (χ3v) is 4.15. The maximum atomic E-state index is 4.54. The Balaban J connectivity index is 1.96. The summed E-state index contributed by atoms with van der Waals surface area (Å²) in [6.07, 6.45) is 1.31. The van der Waals surface area contributed by atoms with E-state index < -0.39 is 0 Å². The van der Waals surface area contributed by atoms with Crippen molar-refractivity contribution in [2.24, 2.45) is 0 Å². The predicted molar refractivity (Wildman–Crippen MR) is 71.0 cm³/mol. The van der Waals surface area contributed by atoms with Crippen LogP contribution in [0.3, 0.4) is 0 Å². The van der Waals surface area contributed by atoms with Crippen molar-refractivity contribution in [3.8, 4) is 0 Å². The molecule has 0 amide bonds. The fourth-order valence-electron chi connectivity index (χ4n) is 1.96. The first-order valence-electron chi connectivity index (χ1n) is 5.71. The van der Waals surface area contributed by atoms with E-state index in [-0.39, 0.29) is 0 Å². The number of thioether (sulfide) groups is 1. The summed E-state index contributed by atoms with van der Waals surface area (Å²) >= 11 is 2.05. The summed E-state index contributed by atoms with van der Waals surface area (Å²) < 4.78 is 0. The largest absolute Gasteiger partial charge is 0.373 e. The van der Waals surface area contributed by atoms with E-state index in [0.717, 1.165) is 24.1 Å². The van der Waals surface area contributed by atoms with Crippen LogP contribution in [0.25, 0.3) is 0 Å². The smallest absolute Gasteiger partial charge is 0.126 e. The van der Waals surface area contributed by atoms with Crippen molar-refractivity contribution in [2.75, 3.05) is 30.9 Å². The van der Waals surface area contributed by atoms with Gasteiger partial charge < -0.3 is 5.32 Å². The lowest BCUT2D eigenvalue weighted by atomic mass is 10.2. The van der Waals surface area contributed by atoms with E-state index in [0.29, 0.717) is 0 Å². The highest BCUT2D eigenvalue weighted by Gasteiger charge is 2.20. The summed E-state index contributed by atoms with van der Waals surface area (Å²) in [4.78, 5) is 6.96. The molecule has 0 bridgehead atoms. The number of hydrogen-bond donors (Lipinski definition) is 1. The van der Waals surface area contributed by atoms with E-state index in [4.69, 9.17) is 0 Å². The van der Waals surface area contributed by atoms with Crippen molar-refractivity contribution >= 4 is 17.6 Å². The van der Waals surface area contributed by atoms with Crippen LogP contribution in [0.5, 0.6) is 0 Å². The SMILES string of the molecule is CNc1cccc(CN(C)C2CCSC2)n1. The molecular weight excluding hydrogens is 218 g/mol. The Labute approximate surface area is 102 Å². The van der Waals surface area contributed by atoms with E-state index in [1.54, 1.807) is 0 Å². The highest BCUT2D eigenvalue weighted by molar-refractivity contribution is 7.99. The lowest BCUT2D eigenvalue weighted by molar-refractivity contribution is 0.251. The molecule has 1 aliphatic rings. The standard InChI is InChI=1S/C12H19N3S/c1-13-12-5-3-4-10(14-12)8-15(2)11-6-7-16-9-11/h3-5,11H,6-9H2,1-2H3,(H,13,14). The van der Waals surface area contributed by atoms with E-state index in [2.05, 4.69) is 46.1 Å². The van der Waals surface area contributed by atoms with Crippen LogP contribution in [-0.4, -0.2) is 41.5 Å².